The van der Waals surface area contributed by atoms with Gasteiger partial charge in [-0.1, -0.05) is 46.6 Å². The summed E-state index contributed by atoms with van der Waals surface area (Å²) in [6.07, 6.45) is 4.87. The van der Waals surface area contributed by atoms with Crippen molar-refractivity contribution in [2.24, 2.45) is 0 Å². The van der Waals surface area contributed by atoms with E-state index in [1.54, 1.807) is 0 Å². The third-order valence-electron chi connectivity index (χ3n) is 3.42. The van der Waals surface area contributed by atoms with Gasteiger partial charge in [-0.15, -0.1) is 0 Å². The monoisotopic (exact) mass is 264 g/mol. The minimum atomic E-state index is -0.143. The average molecular weight is 264 g/mol. The summed E-state index contributed by atoms with van der Waals surface area (Å²) in [6, 6.07) is 6.38. The molecule has 0 spiro atoms. The van der Waals surface area contributed by atoms with Crippen LogP contribution in [0.2, 0.25) is 0 Å². The smallest absolute Gasteiger partial charge is 0.238 e. The van der Waals surface area contributed by atoms with Crippen LogP contribution in [0.4, 0.5) is 0 Å². The minimum absolute atomic E-state index is 0.143. The molecular formula is C17H28O2. The van der Waals surface area contributed by atoms with Crippen molar-refractivity contribution in [1.82, 2.24) is 0 Å². The first kappa shape index (κ1) is 15.9. The highest BCUT2D eigenvalue weighted by Gasteiger charge is 2.21. The van der Waals surface area contributed by atoms with Gasteiger partial charge in [-0.3, -0.25) is 0 Å². The molecule has 2 heteroatoms. The third kappa shape index (κ3) is 4.15. The van der Waals surface area contributed by atoms with Crippen molar-refractivity contribution in [2.45, 2.75) is 72.5 Å². The Morgan fingerprint density at radius 3 is 2.42 bits per heavy atom. The number of unbranched alkanes of at least 4 members (excludes halogenated alkanes) is 1. The molecule has 1 aliphatic rings. The minimum Gasteiger partial charge on any atom is -0.451 e. The predicted octanol–water partition coefficient (Wildman–Crippen LogP) is 5.51. The van der Waals surface area contributed by atoms with Crippen LogP contribution in [0.5, 0.6) is 11.5 Å². The fourth-order valence-corrected chi connectivity index (χ4v) is 2.41. The summed E-state index contributed by atoms with van der Waals surface area (Å²) >= 11 is 0. The van der Waals surface area contributed by atoms with Crippen LogP contribution in [-0.4, -0.2) is 6.29 Å². The van der Waals surface area contributed by atoms with Crippen LogP contribution in [0, 0.1) is 0 Å². The van der Waals surface area contributed by atoms with Gasteiger partial charge in [0.05, 0.1) is 0 Å². The van der Waals surface area contributed by atoms with Crippen molar-refractivity contribution >= 4 is 0 Å². The molecule has 0 aliphatic carbocycles. The zero-order valence-corrected chi connectivity index (χ0v) is 13.0. The molecule has 0 N–H and O–H groups in total. The highest BCUT2D eigenvalue weighted by atomic mass is 16.7. The van der Waals surface area contributed by atoms with Gasteiger partial charge in [0.2, 0.25) is 6.29 Å². The lowest BCUT2D eigenvalue weighted by atomic mass is 9.91. The molecule has 1 aliphatic heterocycles. The van der Waals surface area contributed by atoms with Gasteiger partial charge in [-0.2, -0.15) is 0 Å². The summed E-state index contributed by atoms with van der Waals surface area (Å²) in [5, 5.41) is 0. The van der Waals surface area contributed by atoms with E-state index in [-0.39, 0.29) is 6.29 Å². The molecule has 0 amide bonds. The Balaban J connectivity index is 0.000000861. The Bertz CT molecular complexity index is 374. The second kappa shape index (κ2) is 8.08. The van der Waals surface area contributed by atoms with Gasteiger partial charge in [-0.05, 0) is 36.5 Å². The topological polar surface area (TPSA) is 18.5 Å². The quantitative estimate of drug-likeness (QED) is 0.697. The summed E-state index contributed by atoms with van der Waals surface area (Å²) in [7, 11) is 0. The normalized spacial score (nSPS) is 17.6. The number of ether oxygens (including phenoxy) is 2. The fraction of sp³-hybridized carbons (Fsp3) is 0.647. The van der Waals surface area contributed by atoms with Gasteiger partial charge < -0.3 is 9.47 Å². The fourth-order valence-electron chi connectivity index (χ4n) is 2.41. The summed E-state index contributed by atoms with van der Waals surface area (Å²) in [4.78, 5) is 0. The van der Waals surface area contributed by atoms with Gasteiger partial charge in [0, 0.05) is 6.92 Å². The van der Waals surface area contributed by atoms with Crippen molar-refractivity contribution in [3.8, 4) is 11.5 Å². The van der Waals surface area contributed by atoms with E-state index in [0.717, 1.165) is 11.5 Å². The molecule has 0 radical (unpaired) electrons. The average Bonchev–Trinajstić information content (AvgIpc) is 2.81. The van der Waals surface area contributed by atoms with E-state index in [1.807, 2.05) is 26.8 Å². The molecule has 2 nitrogen and oxygen atoms in total. The maximum atomic E-state index is 5.62. The Morgan fingerprint density at radius 1 is 1.11 bits per heavy atom. The lowest BCUT2D eigenvalue weighted by Crippen LogP contribution is -2.11. The summed E-state index contributed by atoms with van der Waals surface area (Å²) in [6.45, 7) is 10.4. The second-order valence-corrected chi connectivity index (χ2v) is 4.76. The van der Waals surface area contributed by atoms with Gasteiger partial charge in [0.1, 0.15) is 0 Å². The summed E-state index contributed by atoms with van der Waals surface area (Å²) < 4.78 is 11.2. The van der Waals surface area contributed by atoms with Crippen molar-refractivity contribution in [3.63, 3.8) is 0 Å². The van der Waals surface area contributed by atoms with Crippen LogP contribution >= 0.6 is 0 Å². The van der Waals surface area contributed by atoms with E-state index in [4.69, 9.17) is 9.47 Å². The molecule has 19 heavy (non-hydrogen) atoms. The molecule has 0 saturated heterocycles. The largest absolute Gasteiger partial charge is 0.451 e. The first-order valence-electron chi connectivity index (χ1n) is 7.71. The van der Waals surface area contributed by atoms with Crippen molar-refractivity contribution in [2.75, 3.05) is 0 Å². The molecule has 0 saturated carbocycles. The van der Waals surface area contributed by atoms with Gasteiger partial charge >= 0.3 is 0 Å². The van der Waals surface area contributed by atoms with Gasteiger partial charge in [-0.25, -0.2) is 0 Å². The Kier molecular flexibility index (Phi) is 6.75. The summed E-state index contributed by atoms with van der Waals surface area (Å²) in [5.74, 6) is 2.44. The molecule has 0 aromatic heterocycles. The van der Waals surface area contributed by atoms with E-state index >= 15 is 0 Å². The lowest BCUT2D eigenvalue weighted by molar-refractivity contribution is 0.0678. The molecule has 1 aromatic carbocycles. The molecular weight excluding hydrogens is 236 g/mol. The van der Waals surface area contributed by atoms with Crippen LogP contribution < -0.4 is 9.47 Å². The molecule has 2 atom stereocenters. The van der Waals surface area contributed by atoms with Crippen molar-refractivity contribution in [3.05, 3.63) is 23.8 Å². The molecule has 2 rings (SSSR count). The second-order valence-electron chi connectivity index (χ2n) is 4.76. The van der Waals surface area contributed by atoms with Crippen LogP contribution in [0.1, 0.15) is 71.8 Å². The van der Waals surface area contributed by atoms with Gasteiger partial charge in [0.15, 0.2) is 11.5 Å². The van der Waals surface area contributed by atoms with Crippen LogP contribution in [-0.2, 0) is 0 Å². The molecule has 108 valence electrons. The molecule has 2 unspecified atom stereocenters. The zero-order chi connectivity index (χ0) is 14.3. The molecule has 1 aromatic rings. The maximum absolute atomic E-state index is 5.62. The Labute approximate surface area is 118 Å². The maximum Gasteiger partial charge on any atom is 0.238 e. The van der Waals surface area contributed by atoms with Crippen LogP contribution in [0.3, 0.4) is 0 Å². The number of benzene rings is 1. The molecule has 0 bridgehead atoms. The standard InChI is InChI=1S/C15H22O2.C2H6/c1-4-6-7-12(5-2)13-8-9-14-15(10-13)17-11(3)16-14;1-2/h8-12H,4-7H2,1-3H3;1-2H3. The van der Waals surface area contributed by atoms with Gasteiger partial charge in [0.25, 0.3) is 0 Å². The van der Waals surface area contributed by atoms with Crippen molar-refractivity contribution < 1.29 is 9.47 Å². The van der Waals surface area contributed by atoms with Crippen molar-refractivity contribution in [1.29, 1.82) is 0 Å². The van der Waals surface area contributed by atoms with E-state index in [9.17, 15) is 0 Å². The van der Waals surface area contributed by atoms with E-state index in [2.05, 4.69) is 26.0 Å². The first-order valence-corrected chi connectivity index (χ1v) is 7.71. The summed E-state index contributed by atoms with van der Waals surface area (Å²) in [5.41, 5.74) is 1.39. The highest BCUT2D eigenvalue weighted by Crippen LogP contribution is 2.38. The number of fused-ring (bicyclic) bond motifs is 1. The predicted molar refractivity (Wildman–Crippen MR) is 81.1 cm³/mol. The van der Waals surface area contributed by atoms with E-state index < -0.39 is 0 Å². The first-order chi connectivity index (χ1) is 9.24. The SMILES string of the molecule is CC.CCCCC(CC)c1ccc2c(c1)OC(C)O2. The number of hydrogen-bond donors (Lipinski definition) is 0. The van der Waals surface area contributed by atoms with Crippen LogP contribution in [0.15, 0.2) is 18.2 Å². The molecule has 1 heterocycles. The highest BCUT2D eigenvalue weighted by molar-refractivity contribution is 5.45. The van der Waals surface area contributed by atoms with E-state index in [0.29, 0.717) is 5.92 Å². The number of rotatable bonds is 5. The lowest BCUT2D eigenvalue weighted by Gasteiger charge is -2.15. The number of hydrogen-bond acceptors (Lipinski definition) is 2. The van der Waals surface area contributed by atoms with Crippen LogP contribution in [0.25, 0.3) is 0 Å². The van der Waals surface area contributed by atoms with E-state index in [1.165, 1.54) is 31.2 Å². The third-order valence-corrected chi connectivity index (χ3v) is 3.42. The Morgan fingerprint density at radius 2 is 1.79 bits per heavy atom. The molecule has 0 fully saturated rings. The zero-order valence-electron chi connectivity index (χ0n) is 13.0. The Hall–Kier alpha value is -1.18.